The SMILES string of the molecule is CCCOC(=O)c1ccc(CN2C(=O)C(=O)/C(=C(\O)c3ccc(OC)cc3C)C2c2cccc(C)c2)cc1. The molecule has 7 nitrogen and oxygen atoms in total. The first-order chi connectivity index (χ1) is 18.2. The number of aliphatic hydroxyl groups excluding tert-OH is 1. The van der Waals surface area contributed by atoms with Crippen LogP contribution >= 0.6 is 0 Å². The van der Waals surface area contributed by atoms with Crippen LogP contribution in [0.25, 0.3) is 5.76 Å². The number of hydrogen-bond acceptors (Lipinski definition) is 6. The molecule has 1 saturated heterocycles. The van der Waals surface area contributed by atoms with Crippen LogP contribution in [0.4, 0.5) is 0 Å². The molecular formula is C31H31NO6. The summed E-state index contributed by atoms with van der Waals surface area (Å²) in [5.41, 5.74) is 4.03. The van der Waals surface area contributed by atoms with Crippen LogP contribution < -0.4 is 4.74 Å². The van der Waals surface area contributed by atoms with Crippen molar-refractivity contribution in [2.75, 3.05) is 13.7 Å². The maximum atomic E-state index is 13.4. The van der Waals surface area contributed by atoms with Crippen LogP contribution in [0.1, 0.15) is 57.6 Å². The molecule has 1 aliphatic rings. The van der Waals surface area contributed by atoms with Crippen LogP contribution in [0.3, 0.4) is 0 Å². The molecule has 3 aromatic rings. The van der Waals surface area contributed by atoms with Crippen molar-refractivity contribution in [1.82, 2.24) is 4.90 Å². The molecule has 38 heavy (non-hydrogen) atoms. The van der Waals surface area contributed by atoms with Gasteiger partial charge >= 0.3 is 5.97 Å². The molecule has 3 aromatic carbocycles. The van der Waals surface area contributed by atoms with Gasteiger partial charge in [-0.2, -0.15) is 0 Å². The van der Waals surface area contributed by atoms with Crippen molar-refractivity contribution in [1.29, 1.82) is 0 Å². The van der Waals surface area contributed by atoms with Gasteiger partial charge in [-0.1, -0.05) is 48.9 Å². The Bertz CT molecular complexity index is 1410. The van der Waals surface area contributed by atoms with Crippen molar-refractivity contribution in [2.45, 2.75) is 39.8 Å². The van der Waals surface area contributed by atoms with E-state index in [2.05, 4.69) is 0 Å². The monoisotopic (exact) mass is 513 g/mol. The normalized spacial score (nSPS) is 16.5. The second-order valence-corrected chi connectivity index (χ2v) is 9.35. The standard InChI is InChI=1S/C31H31NO6/c1-5-15-38-31(36)22-11-9-21(10-12-22)18-32-27(23-8-6-7-19(2)16-23)26(29(34)30(32)35)28(33)25-14-13-24(37-4)17-20(25)3/h6-14,16-17,27,33H,5,15,18H2,1-4H3/b28-26-. The molecule has 0 radical (unpaired) electrons. The van der Waals surface area contributed by atoms with Crippen molar-refractivity contribution in [3.05, 3.63) is 106 Å². The minimum Gasteiger partial charge on any atom is -0.507 e. The Hall–Kier alpha value is -4.39. The second kappa shape index (κ2) is 11.3. The molecule has 7 heteroatoms. The first-order valence-electron chi connectivity index (χ1n) is 12.5. The highest BCUT2D eigenvalue weighted by molar-refractivity contribution is 6.46. The molecule has 0 aromatic heterocycles. The Kier molecular flexibility index (Phi) is 7.96. The van der Waals surface area contributed by atoms with Crippen molar-refractivity contribution in [3.8, 4) is 5.75 Å². The number of amides is 1. The molecule has 1 fully saturated rings. The number of carbonyl (C=O) groups excluding carboxylic acids is 3. The van der Waals surface area contributed by atoms with E-state index in [0.29, 0.717) is 29.0 Å². The van der Waals surface area contributed by atoms with Gasteiger partial charge in [0.25, 0.3) is 11.7 Å². The van der Waals surface area contributed by atoms with E-state index in [1.165, 1.54) is 4.90 Å². The molecular weight excluding hydrogens is 482 g/mol. The number of Topliss-reactive ketones (excluding diaryl/α,β-unsaturated/α-hetero) is 1. The number of esters is 1. The van der Waals surface area contributed by atoms with Crippen LogP contribution in [-0.2, 0) is 20.9 Å². The second-order valence-electron chi connectivity index (χ2n) is 9.35. The predicted octanol–water partition coefficient (Wildman–Crippen LogP) is 5.50. The first kappa shape index (κ1) is 26.7. The van der Waals surface area contributed by atoms with E-state index in [1.807, 2.05) is 45.0 Å². The molecule has 0 spiro atoms. The van der Waals surface area contributed by atoms with Crippen LogP contribution in [0.2, 0.25) is 0 Å². The van der Waals surface area contributed by atoms with E-state index in [9.17, 15) is 19.5 Å². The Morgan fingerprint density at radius 1 is 1.00 bits per heavy atom. The number of ether oxygens (including phenoxy) is 2. The van der Waals surface area contributed by atoms with Crippen molar-refractivity contribution >= 4 is 23.4 Å². The maximum absolute atomic E-state index is 13.4. The molecule has 1 amide bonds. The lowest BCUT2D eigenvalue weighted by atomic mass is 9.93. The van der Waals surface area contributed by atoms with Crippen molar-refractivity contribution < 1.29 is 29.0 Å². The number of aliphatic hydroxyl groups is 1. The summed E-state index contributed by atoms with van der Waals surface area (Å²) in [6.07, 6.45) is 0.730. The summed E-state index contributed by atoms with van der Waals surface area (Å²) in [6, 6.07) is 18.7. The molecule has 1 N–H and O–H groups in total. The third-order valence-corrected chi connectivity index (χ3v) is 6.57. The molecule has 196 valence electrons. The van der Waals surface area contributed by atoms with Crippen LogP contribution in [0, 0.1) is 13.8 Å². The number of likely N-dealkylation sites (tertiary alicyclic amines) is 1. The minimum atomic E-state index is -0.786. The predicted molar refractivity (Wildman–Crippen MR) is 144 cm³/mol. The maximum Gasteiger partial charge on any atom is 0.338 e. The van der Waals surface area contributed by atoms with E-state index in [1.54, 1.807) is 49.6 Å². The third kappa shape index (κ3) is 5.32. The van der Waals surface area contributed by atoms with E-state index in [0.717, 1.165) is 23.1 Å². The lowest BCUT2D eigenvalue weighted by Crippen LogP contribution is -2.29. The highest BCUT2D eigenvalue weighted by Crippen LogP contribution is 2.41. The van der Waals surface area contributed by atoms with Gasteiger partial charge in [0, 0.05) is 12.1 Å². The summed E-state index contributed by atoms with van der Waals surface area (Å²) < 4.78 is 10.5. The van der Waals surface area contributed by atoms with Gasteiger partial charge in [0.15, 0.2) is 0 Å². The first-order valence-corrected chi connectivity index (χ1v) is 12.5. The Labute approximate surface area is 222 Å². The Balaban J connectivity index is 1.76. The highest BCUT2D eigenvalue weighted by Gasteiger charge is 2.46. The van der Waals surface area contributed by atoms with Gasteiger partial charge in [-0.05, 0) is 67.3 Å². The third-order valence-electron chi connectivity index (χ3n) is 6.57. The van der Waals surface area contributed by atoms with E-state index in [4.69, 9.17) is 9.47 Å². The number of ketones is 1. The smallest absolute Gasteiger partial charge is 0.338 e. The fourth-order valence-electron chi connectivity index (χ4n) is 4.62. The zero-order valence-electron chi connectivity index (χ0n) is 22.0. The summed E-state index contributed by atoms with van der Waals surface area (Å²) >= 11 is 0. The fourth-order valence-corrected chi connectivity index (χ4v) is 4.62. The summed E-state index contributed by atoms with van der Waals surface area (Å²) in [6.45, 7) is 6.12. The van der Waals surface area contributed by atoms with Crippen LogP contribution in [0.5, 0.6) is 5.75 Å². The van der Waals surface area contributed by atoms with Crippen LogP contribution in [0.15, 0.2) is 72.3 Å². The number of hydrogen-bond donors (Lipinski definition) is 1. The minimum absolute atomic E-state index is 0.0358. The lowest BCUT2D eigenvalue weighted by molar-refractivity contribution is -0.140. The van der Waals surface area contributed by atoms with Gasteiger partial charge in [-0.3, -0.25) is 9.59 Å². The quantitative estimate of drug-likeness (QED) is 0.185. The largest absolute Gasteiger partial charge is 0.507 e. The number of nitrogens with zero attached hydrogens (tertiary/aromatic N) is 1. The molecule has 1 atom stereocenters. The summed E-state index contributed by atoms with van der Waals surface area (Å²) in [4.78, 5) is 40.3. The molecule has 0 aliphatic carbocycles. The molecule has 0 saturated carbocycles. The van der Waals surface area contributed by atoms with Crippen molar-refractivity contribution in [2.24, 2.45) is 0 Å². The number of rotatable bonds is 8. The topological polar surface area (TPSA) is 93.1 Å². The van der Waals surface area contributed by atoms with Gasteiger partial charge < -0.3 is 19.5 Å². The average Bonchev–Trinajstić information content (AvgIpc) is 3.16. The van der Waals surface area contributed by atoms with E-state index >= 15 is 0 Å². The van der Waals surface area contributed by atoms with Crippen molar-refractivity contribution in [3.63, 3.8) is 0 Å². The Morgan fingerprint density at radius 2 is 1.74 bits per heavy atom. The molecule has 1 aliphatic heterocycles. The summed E-state index contributed by atoms with van der Waals surface area (Å²) in [5, 5.41) is 11.4. The van der Waals surface area contributed by atoms with Crippen LogP contribution in [-0.4, -0.2) is 41.4 Å². The Morgan fingerprint density at radius 3 is 2.37 bits per heavy atom. The molecule has 1 heterocycles. The number of methoxy groups -OCH3 is 1. The zero-order chi connectivity index (χ0) is 27.4. The number of benzene rings is 3. The average molecular weight is 514 g/mol. The summed E-state index contributed by atoms with van der Waals surface area (Å²) in [5.74, 6) is -1.46. The van der Waals surface area contributed by atoms with Gasteiger partial charge in [-0.25, -0.2) is 4.79 Å². The molecule has 1 unspecified atom stereocenters. The lowest BCUT2D eigenvalue weighted by Gasteiger charge is -2.26. The number of aryl methyl sites for hydroxylation is 2. The van der Waals surface area contributed by atoms with Gasteiger partial charge in [0.2, 0.25) is 0 Å². The van der Waals surface area contributed by atoms with E-state index in [-0.39, 0.29) is 17.9 Å². The highest BCUT2D eigenvalue weighted by atomic mass is 16.5. The van der Waals surface area contributed by atoms with Gasteiger partial charge in [-0.15, -0.1) is 0 Å². The molecule has 4 rings (SSSR count). The number of carbonyl (C=O) groups is 3. The molecule has 0 bridgehead atoms. The summed E-state index contributed by atoms with van der Waals surface area (Å²) in [7, 11) is 1.55. The van der Waals surface area contributed by atoms with Gasteiger partial charge in [0.05, 0.1) is 30.9 Å². The van der Waals surface area contributed by atoms with Gasteiger partial charge in [0.1, 0.15) is 11.5 Å². The van der Waals surface area contributed by atoms with E-state index < -0.39 is 23.7 Å². The zero-order valence-corrected chi connectivity index (χ0v) is 22.0. The fraction of sp³-hybridized carbons (Fsp3) is 0.258.